The van der Waals surface area contributed by atoms with E-state index in [-0.39, 0.29) is 11.6 Å². The molecule has 8 aromatic carbocycles. The van der Waals surface area contributed by atoms with E-state index in [9.17, 15) is 127 Å². The van der Waals surface area contributed by atoms with Crippen molar-refractivity contribution in [3.05, 3.63) is 122 Å². The minimum Gasteiger partial charge on any atom is -0.507 e. The highest BCUT2D eigenvalue weighted by Crippen LogP contribution is 2.62. The van der Waals surface area contributed by atoms with Crippen molar-refractivity contribution in [1.29, 1.82) is 0 Å². The molecule has 0 saturated heterocycles. The van der Waals surface area contributed by atoms with Crippen LogP contribution in [0.4, 0.5) is 0 Å². The van der Waals surface area contributed by atoms with Crippen molar-refractivity contribution in [2.45, 2.75) is 49.0 Å². The molecule has 4 aliphatic rings. The summed E-state index contributed by atoms with van der Waals surface area (Å²) in [5.41, 5.74) is -15.0. The molecule has 2 bridgehead atoms. The van der Waals surface area contributed by atoms with Crippen LogP contribution in [0.1, 0.15) is 96.4 Å². The molecule has 506 valence electrons. The minimum absolute atomic E-state index is 0.135. The molecule has 7 atom stereocenters. The van der Waals surface area contributed by atoms with Gasteiger partial charge >= 0.3 is 35.8 Å². The smallest absolute Gasteiger partial charge is 0.339 e. The molecule has 0 fully saturated rings. The SMILES string of the molecule is O=C(O[C@@H]1COC(=O)c2cc(O)c(O)c(O)c2-c2c(cc(O)c(O)c2O)C(=O)O[C@H]1[C@H]1OC(=O)c2cc(O)c(O)c(O)c2-c2c(O)c(O)c(O)c3c2C(=O)O[C@H]1[C@H]3c1c(O)cc2c(c1O)C[C@@H](OC(=O)c1cc(O)c(O)c(O)c1)[C@H](c1ccc(O)c(O)c1)O2)c1cc(O)c(O)c(O)c1. The van der Waals surface area contributed by atoms with Gasteiger partial charge < -0.3 is 146 Å². The molecular weight excluding hydrogens is 1320 g/mol. The molecule has 0 unspecified atom stereocenters. The van der Waals surface area contributed by atoms with Crippen LogP contribution >= 0.6 is 0 Å². The highest BCUT2D eigenvalue weighted by Gasteiger charge is 2.57. The molecule has 0 radical (unpaired) electrons. The van der Waals surface area contributed by atoms with Crippen LogP contribution in [0.2, 0.25) is 0 Å². The van der Waals surface area contributed by atoms with Gasteiger partial charge in [-0.2, -0.15) is 0 Å². The molecule has 35 heteroatoms. The predicted octanol–water partition coefficient (Wildman–Crippen LogP) is 4.28. The van der Waals surface area contributed by atoms with E-state index in [1.165, 1.54) is 0 Å². The lowest BCUT2D eigenvalue weighted by atomic mass is 9.74. The number of carbonyl (C=O) groups excluding carboxylic acids is 6. The number of esters is 6. The third-order valence-corrected chi connectivity index (χ3v) is 16.5. The predicted molar refractivity (Wildman–Crippen MR) is 311 cm³/mol. The topological polar surface area (TPSA) is 612 Å². The fraction of sp³-hybridized carbons (Fsp3) is 0.143. The molecule has 0 amide bonds. The molecule has 4 aliphatic heterocycles. The monoisotopic (exact) mass is 1360 g/mol. The van der Waals surface area contributed by atoms with Crippen molar-refractivity contribution >= 4 is 35.8 Å². The molecule has 8 aromatic rings. The lowest BCUT2D eigenvalue weighted by molar-refractivity contribution is -0.135. The first-order valence-corrected chi connectivity index (χ1v) is 27.8. The number of cyclic esters (lactones) is 3. The summed E-state index contributed by atoms with van der Waals surface area (Å²) in [5, 5.41) is 244. The van der Waals surface area contributed by atoms with E-state index in [4.69, 9.17) is 33.2 Å². The lowest BCUT2D eigenvalue weighted by Crippen LogP contribution is -2.56. The molecule has 22 N–H and O–H groups in total. The summed E-state index contributed by atoms with van der Waals surface area (Å²) in [6, 6.07) is 6.81. The van der Waals surface area contributed by atoms with Crippen LogP contribution in [0.15, 0.2) is 66.7 Å². The van der Waals surface area contributed by atoms with Crippen molar-refractivity contribution in [3.63, 3.8) is 0 Å². The standard InChI is InChI=1S/C63H44O35/c64-21-2-1-14(3-22(21)65)54-32(94-58(86)15-4-24(67)43(75)25(68)5-15)11-17-31(93-54)12-23(66)37(42(17)74)40-39-41-38(51(83)53(85)52(39)84)36-20(10-30(73)47(79)50(36)82)62(90)98-57(56(40)97-63(41)91)55-33(95-59(87)16-6-26(69)44(76)27(70)7-16)13-92-60(88)18-8-28(71)45(77)48(80)34(18)35-19(61(89)96-55)9-29(72)46(78)49(35)81/h1-10,12,32-33,40,54-57,64-85H,11,13H2/t32-,33-,40+,54+,55-,56+,57-/m1/s1. The lowest BCUT2D eigenvalue weighted by Gasteiger charge is -2.43. The van der Waals surface area contributed by atoms with Gasteiger partial charge in [0.15, 0.2) is 123 Å². The van der Waals surface area contributed by atoms with Gasteiger partial charge in [-0.3, -0.25) is 0 Å². The number of phenolic OH excluding ortho intramolecular Hbond substituents is 22. The Bertz CT molecular complexity index is 4850. The number of carbonyl (C=O) groups is 6. The fourth-order valence-corrected chi connectivity index (χ4v) is 11.9. The molecule has 4 heterocycles. The fourth-order valence-electron chi connectivity index (χ4n) is 11.9. The van der Waals surface area contributed by atoms with E-state index in [2.05, 4.69) is 0 Å². The number of ether oxygens (including phenoxy) is 7. The first-order valence-electron chi connectivity index (χ1n) is 27.8. The highest BCUT2D eigenvalue weighted by molar-refractivity contribution is 6.11. The zero-order valence-electron chi connectivity index (χ0n) is 48.5. The van der Waals surface area contributed by atoms with E-state index in [1.807, 2.05) is 0 Å². The second kappa shape index (κ2) is 22.9. The Balaban J connectivity index is 1.14. The summed E-state index contributed by atoms with van der Waals surface area (Å²) in [7, 11) is 0. The van der Waals surface area contributed by atoms with E-state index < -0.39 is 296 Å². The third kappa shape index (κ3) is 9.99. The molecular formula is C63H44O35. The van der Waals surface area contributed by atoms with Gasteiger partial charge in [0.25, 0.3) is 0 Å². The third-order valence-electron chi connectivity index (χ3n) is 16.5. The summed E-state index contributed by atoms with van der Waals surface area (Å²) in [5.74, 6) is -44.2. The van der Waals surface area contributed by atoms with Crippen molar-refractivity contribution in [3.8, 4) is 154 Å². The largest absolute Gasteiger partial charge is 0.507 e. The summed E-state index contributed by atoms with van der Waals surface area (Å²) in [4.78, 5) is 89.2. The van der Waals surface area contributed by atoms with Crippen molar-refractivity contribution in [1.82, 2.24) is 0 Å². The van der Waals surface area contributed by atoms with Gasteiger partial charge in [0.1, 0.15) is 30.0 Å². The Kier molecular flexibility index (Phi) is 15.0. The number of phenols is 22. The number of aromatic hydroxyl groups is 22. The number of rotatable bonds is 7. The Morgan fingerprint density at radius 1 is 0.347 bits per heavy atom. The number of hydrogen-bond acceptors (Lipinski definition) is 35. The minimum atomic E-state index is -3.11. The maximum atomic E-state index is 15.4. The Labute approximate surface area is 541 Å². The van der Waals surface area contributed by atoms with Gasteiger partial charge in [-0.25, -0.2) is 28.8 Å². The highest BCUT2D eigenvalue weighted by atomic mass is 16.6. The van der Waals surface area contributed by atoms with Crippen LogP contribution in [0.25, 0.3) is 22.3 Å². The summed E-state index contributed by atoms with van der Waals surface area (Å²) < 4.78 is 41.3. The van der Waals surface area contributed by atoms with Gasteiger partial charge in [-0.1, -0.05) is 6.07 Å². The average molecular weight is 1360 g/mol. The first-order chi connectivity index (χ1) is 46.2. The van der Waals surface area contributed by atoms with Gasteiger partial charge in [0.2, 0.25) is 23.0 Å². The van der Waals surface area contributed by atoms with Gasteiger partial charge in [0.05, 0.1) is 39.3 Å². The van der Waals surface area contributed by atoms with Crippen LogP contribution in [0.3, 0.4) is 0 Å². The Morgan fingerprint density at radius 3 is 1.29 bits per heavy atom. The van der Waals surface area contributed by atoms with Crippen molar-refractivity contribution in [2.75, 3.05) is 6.61 Å². The molecule has 98 heavy (non-hydrogen) atoms. The number of hydrogen-bond donors (Lipinski definition) is 22. The van der Waals surface area contributed by atoms with Crippen LogP contribution < -0.4 is 4.74 Å². The summed E-state index contributed by atoms with van der Waals surface area (Å²) >= 11 is 0. The van der Waals surface area contributed by atoms with Gasteiger partial charge in [0, 0.05) is 57.0 Å². The average Bonchev–Trinajstić information content (AvgIpc) is 0.725. The molecule has 0 spiro atoms. The molecule has 12 rings (SSSR count). The van der Waals surface area contributed by atoms with Crippen LogP contribution in [-0.4, -0.2) is 185 Å². The van der Waals surface area contributed by atoms with Gasteiger partial charge in [-0.05, 0) is 54.6 Å². The Morgan fingerprint density at radius 2 is 0.786 bits per heavy atom. The van der Waals surface area contributed by atoms with Crippen molar-refractivity contribution in [2.24, 2.45) is 0 Å². The van der Waals surface area contributed by atoms with E-state index in [1.54, 1.807) is 0 Å². The van der Waals surface area contributed by atoms with E-state index in [0.29, 0.717) is 42.5 Å². The maximum absolute atomic E-state index is 15.4. The molecule has 0 aliphatic carbocycles. The normalized spacial score (nSPS) is 19.3. The zero-order chi connectivity index (χ0) is 71.0. The van der Waals surface area contributed by atoms with Crippen molar-refractivity contribution < 1.29 is 174 Å². The summed E-state index contributed by atoms with van der Waals surface area (Å²) in [6.07, 6.45) is -16.4. The second-order valence-corrected chi connectivity index (χ2v) is 22.2. The maximum Gasteiger partial charge on any atom is 0.339 e. The number of benzene rings is 8. The van der Waals surface area contributed by atoms with Gasteiger partial charge in [-0.15, -0.1) is 0 Å². The molecule has 0 aromatic heterocycles. The van der Waals surface area contributed by atoms with E-state index in [0.717, 1.165) is 18.2 Å². The van der Waals surface area contributed by atoms with Crippen LogP contribution in [0.5, 0.6) is 132 Å². The van der Waals surface area contributed by atoms with E-state index >= 15 is 14.4 Å². The zero-order valence-corrected chi connectivity index (χ0v) is 48.5. The first kappa shape index (κ1) is 64.1. The molecule has 0 saturated carbocycles. The van der Waals surface area contributed by atoms with Crippen LogP contribution in [0, 0.1) is 0 Å². The molecule has 35 nitrogen and oxygen atoms in total. The summed E-state index contributed by atoms with van der Waals surface area (Å²) in [6.45, 7) is -1.69. The quantitative estimate of drug-likeness (QED) is 0.0601. The Hall–Kier alpha value is -14.0. The number of fused-ring (bicyclic) bond motifs is 8. The second-order valence-electron chi connectivity index (χ2n) is 22.2. The van der Waals surface area contributed by atoms with Crippen LogP contribution in [-0.2, 0) is 34.8 Å².